The highest BCUT2D eigenvalue weighted by Gasteiger charge is 2.52. The van der Waals surface area contributed by atoms with Crippen LogP contribution in [0.25, 0.3) is 17.2 Å². The molecular weight excluding hydrogens is 598 g/mol. The third kappa shape index (κ3) is 8.73. The van der Waals surface area contributed by atoms with Gasteiger partial charge < -0.3 is 19.7 Å². The third-order valence-corrected chi connectivity index (χ3v) is 9.11. The number of guanidine groups is 1. The van der Waals surface area contributed by atoms with Crippen LogP contribution in [0.2, 0.25) is 0 Å². The molecule has 6 rings (SSSR count). The van der Waals surface area contributed by atoms with E-state index >= 15 is 0 Å². The minimum Gasteiger partial charge on any atom is -0.508 e. The summed E-state index contributed by atoms with van der Waals surface area (Å²) in [6.07, 6.45) is 8.14. The molecule has 0 spiro atoms. The number of hydrogen-bond acceptors (Lipinski definition) is 7. The molecule has 4 aliphatic carbocycles. The van der Waals surface area contributed by atoms with Gasteiger partial charge in [0.2, 0.25) is 5.96 Å². The number of hydrogen-bond donors (Lipinski definition) is 4. The number of alkyl carbamates (subject to hydrolysis) is 2. The molecule has 2 aromatic carbocycles. The van der Waals surface area contributed by atoms with E-state index in [1.54, 1.807) is 47.6 Å². The zero-order chi connectivity index (χ0) is 34.1. The van der Waals surface area contributed by atoms with Crippen LogP contribution in [0.5, 0.6) is 5.75 Å². The Morgan fingerprint density at radius 1 is 0.872 bits per heavy atom. The molecule has 2 amide bonds. The van der Waals surface area contributed by atoms with Crippen molar-refractivity contribution in [2.45, 2.75) is 103 Å². The van der Waals surface area contributed by atoms with Gasteiger partial charge in [-0.3, -0.25) is 10.6 Å². The average molecular weight is 646 g/mol. The largest absolute Gasteiger partial charge is 0.508 e. The molecule has 4 aliphatic rings. The minimum absolute atomic E-state index is 0.0125. The number of aliphatic carboxylic acids is 1. The number of carbonyl (C=O) groups excluding carboxylic acids is 2. The highest BCUT2D eigenvalue weighted by Crippen LogP contribution is 2.62. The van der Waals surface area contributed by atoms with Crippen molar-refractivity contribution in [3.05, 3.63) is 59.2 Å². The van der Waals surface area contributed by atoms with Crippen LogP contribution in [0.3, 0.4) is 0 Å². The number of carboxylic acid groups (broad SMARTS) is 1. The molecule has 47 heavy (non-hydrogen) atoms. The molecule has 10 nitrogen and oxygen atoms in total. The monoisotopic (exact) mass is 645 g/mol. The lowest BCUT2D eigenvalue weighted by molar-refractivity contribution is -0.131. The fourth-order valence-corrected chi connectivity index (χ4v) is 7.94. The first-order chi connectivity index (χ1) is 22.0. The van der Waals surface area contributed by atoms with Crippen LogP contribution in [-0.4, -0.2) is 45.5 Å². The van der Waals surface area contributed by atoms with E-state index in [2.05, 4.69) is 21.7 Å². The molecule has 0 atom stereocenters. The Morgan fingerprint density at radius 3 is 1.94 bits per heavy atom. The summed E-state index contributed by atoms with van der Waals surface area (Å²) < 4.78 is 10.8. The number of carbonyl (C=O) groups is 3. The normalized spacial score (nSPS) is 23.3. The second kappa shape index (κ2) is 13.0. The molecule has 4 fully saturated rings. The van der Waals surface area contributed by atoms with E-state index in [9.17, 15) is 24.6 Å². The van der Waals surface area contributed by atoms with Crippen molar-refractivity contribution < 1.29 is 34.1 Å². The first-order valence-corrected chi connectivity index (χ1v) is 16.4. The van der Waals surface area contributed by atoms with Crippen LogP contribution in [0.1, 0.15) is 96.8 Å². The summed E-state index contributed by atoms with van der Waals surface area (Å²) in [6.45, 7) is 10.4. The zero-order valence-electron chi connectivity index (χ0n) is 28.2. The van der Waals surface area contributed by atoms with Crippen molar-refractivity contribution in [1.29, 1.82) is 0 Å². The Kier molecular flexibility index (Phi) is 9.44. The zero-order valence-corrected chi connectivity index (χ0v) is 28.2. The molecule has 0 aromatic heterocycles. The lowest BCUT2D eigenvalue weighted by atomic mass is 9.48. The molecule has 4 bridgehead atoms. The number of phenols is 1. The summed E-state index contributed by atoms with van der Waals surface area (Å²) in [5.41, 5.74) is 2.49. The quantitative estimate of drug-likeness (QED) is 0.144. The number of ether oxygens (including phenoxy) is 2. The van der Waals surface area contributed by atoms with E-state index in [0.29, 0.717) is 34.6 Å². The van der Waals surface area contributed by atoms with Crippen molar-refractivity contribution in [2.75, 3.05) is 0 Å². The Labute approximate surface area is 276 Å². The second-order valence-corrected chi connectivity index (χ2v) is 15.4. The van der Waals surface area contributed by atoms with Crippen molar-refractivity contribution in [2.24, 2.45) is 22.7 Å². The fraction of sp³-hybridized carbons (Fsp3) is 0.514. The molecule has 252 valence electrons. The SMILES string of the molecule is CC(C)(C)OC(=O)NC(=NCc1cc(/C=C/C(=O)O)ccc1-c1ccc(O)c(C23CC4CC(CC(C4)C2)C3)c1)NC(=O)OC(C)(C)C. The summed E-state index contributed by atoms with van der Waals surface area (Å²) in [7, 11) is 0. The topological polar surface area (TPSA) is 147 Å². The van der Waals surface area contributed by atoms with E-state index in [0.717, 1.165) is 42.0 Å². The predicted molar refractivity (Wildman–Crippen MR) is 180 cm³/mol. The van der Waals surface area contributed by atoms with Crippen LogP contribution in [-0.2, 0) is 26.2 Å². The molecule has 0 heterocycles. The number of aromatic hydroxyl groups is 1. The molecule has 0 radical (unpaired) electrons. The van der Waals surface area contributed by atoms with Crippen molar-refractivity contribution >= 4 is 30.2 Å². The van der Waals surface area contributed by atoms with E-state index in [4.69, 9.17) is 9.47 Å². The molecule has 2 aromatic rings. The summed E-state index contributed by atoms with van der Waals surface area (Å²) in [5.74, 6) is 1.22. The maximum atomic E-state index is 12.7. The molecule has 10 heteroatoms. The van der Waals surface area contributed by atoms with Gasteiger partial charge in [-0.1, -0.05) is 18.2 Å². The van der Waals surface area contributed by atoms with Gasteiger partial charge in [-0.05, 0) is 150 Å². The van der Waals surface area contributed by atoms with Gasteiger partial charge in [0.25, 0.3) is 0 Å². The average Bonchev–Trinajstić information content (AvgIpc) is 2.92. The van der Waals surface area contributed by atoms with Gasteiger partial charge in [0, 0.05) is 11.6 Å². The lowest BCUT2D eigenvalue weighted by Gasteiger charge is -2.57. The van der Waals surface area contributed by atoms with Crippen LogP contribution in [0, 0.1) is 17.8 Å². The van der Waals surface area contributed by atoms with Crippen molar-refractivity contribution in [3.63, 3.8) is 0 Å². The van der Waals surface area contributed by atoms with Crippen LogP contribution >= 0.6 is 0 Å². The lowest BCUT2D eigenvalue weighted by Crippen LogP contribution is -2.48. The number of nitrogens with one attached hydrogen (secondary N) is 2. The van der Waals surface area contributed by atoms with E-state index in [-0.39, 0.29) is 17.9 Å². The second-order valence-electron chi connectivity index (χ2n) is 15.4. The number of aliphatic imine (C=N–C) groups is 1. The molecule has 0 saturated heterocycles. The van der Waals surface area contributed by atoms with Crippen molar-refractivity contribution in [3.8, 4) is 16.9 Å². The maximum Gasteiger partial charge on any atom is 0.414 e. The first kappa shape index (κ1) is 34.0. The first-order valence-electron chi connectivity index (χ1n) is 16.4. The van der Waals surface area contributed by atoms with Gasteiger partial charge in [0.1, 0.15) is 17.0 Å². The Balaban J connectivity index is 1.51. The number of carboxylic acids is 1. The number of benzene rings is 2. The third-order valence-electron chi connectivity index (χ3n) is 9.11. The van der Waals surface area contributed by atoms with Gasteiger partial charge in [0.05, 0.1) is 6.54 Å². The van der Waals surface area contributed by atoms with Gasteiger partial charge in [0.15, 0.2) is 0 Å². The molecule has 4 saturated carbocycles. The van der Waals surface area contributed by atoms with E-state index in [1.165, 1.54) is 25.3 Å². The predicted octanol–water partition coefficient (Wildman–Crippen LogP) is 7.53. The number of phenolic OH excluding ortho intramolecular Hbond substituents is 1. The number of amides is 2. The standard InChI is InChI=1S/C37H47N3O7/c1-35(2,3)46-33(44)39-32(40-34(45)47-36(4,5)6)38-21-27-16-22(8-12-31(42)43)7-10-28(27)26-9-11-30(41)29(17-26)37-18-23-13-24(19-37)15-25(14-23)20-37/h7-12,16-17,23-25,41H,13-15,18-21H2,1-6H3,(H,42,43)(H2,38,39,40,44,45)/b12-8+. The fourth-order valence-electron chi connectivity index (χ4n) is 7.94. The van der Waals surface area contributed by atoms with E-state index < -0.39 is 29.4 Å². The Hall–Kier alpha value is -4.34. The molecule has 0 unspecified atom stereocenters. The highest BCUT2D eigenvalue weighted by atomic mass is 16.6. The summed E-state index contributed by atoms with van der Waals surface area (Å²) in [6, 6.07) is 11.3. The number of rotatable bonds is 6. The van der Waals surface area contributed by atoms with Crippen molar-refractivity contribution in [1.82, 2.24) is 10.6 Å². The van der Waals surface area contributed by atoms with Gasteiger partial charge in [-0.2, -0.15) is 0 Å². The number of nitrogens with zero attached hydrogens (tertiary/aromatic N) is 1. The Bertz CT molecular complexity index is 1530. The Morgan fingerprint density at radius 2 is 1.43 bits per heavy atom. The van der Waals surface area contributed by atoms with Crippen LogP contribution < -0.4 is 10.6 Å². The smallest absolute Gasteiger partial charge is 0.414 e. The van der Waals surface area contributed by atoms with Gasteiger partial charge in [-0.25, -0.2) is 19.4 Å². The van der Waals surface area contributed by atoms with Crippen LogP contribution in [0.15, 0.2) is 47.5 Å². The molecule has 4 N–H and O–H groups in total. The summed E-state index contributed by atoms with van der Waals surface area (Å²) >= 11 is 0. The summed E-state index contributed by atoms with van der Waals surface area (Å²) in [5, 5.41) is 25.4. The summed E-state index contributed by atoms with van der Waals surface area (Å²) in [4.78, 5) is 41.2. The van der Waals surface area contributed by atoms with Gasteiger partial charge in [-0.15, -0.1) is 0 Å². The minimum atomic E-state index is -1.07. The van der Waals surface area contributed by atoms with Crippen LogP contribution in [0.4, 0.5) is 9.59 Å². The highest BCUT2D eigenvalue weighted by molar-refractivity contribution is 6.01. The maximum absolute atomic E-state index is 12.7. The van der Waals surface area contributed by atoms with E-state index in [1.807, 2.05) is 24.3 Å². The molecule has 0 aliphatic heterocycles. The molecular formula is C37H47N3O7. The van der Waals surface area contributed by atoms with Gasteiger partial charge >= 0.3 is 18.2 Å².